The monoisotopic (exact) mass is 407 g/mol. The van der Waals surface area contributed by atoms with Crippen molar-refractivity contribution >= 4 is 21.1 Å². The topological polar surface area (TPSA) is 74.0 Å². The average Bonchev–Trinajstić information content (AvgIpc) is 3.30. The highest BCUT2D eigenvalue weighted by Gasteiger charge is 2.28. The van der Waals surface area contributed by atoms with E-state index in [1.165, 1.54) is 23.0 Å². The number of fused-ring (bicyclic) bond motifs is 1. The molecule has 1 saturated carbocycles. The van der Waals surface area contributed by atoms with E-state index >= 15 is 0 Å². The zero-order valence-corrected chi connectivity index (χ0v) is 16.0. The Hall–Kier alpha value is -2.55. The van der Waals surface area contributed by atoms with Gasteiger partial charge in [-0.3, -0.25) is 9.48 Å². The molecular weight excluding hydrogens is 388 g/mol. The number of benzene rings is 1. The van der Waals surface area contributed by atoms with Crippen molar-refractivity contribution < 1.29 is 17.2 Å². The lowest BCUT2D eigenvalue weighted by Gasteiger charge is -2.10. The zero-order valence-electron chi connectivity index (χ0n) is 15.2. The average molecular weight is 407 g/mol. The van der Waals surface area contributed by atoms with Gasteiger partial charge in [0, 0.05) is 23.2 Å². The molecular formula is C19H19F2N3O3S. The van der Waals surface area contributed by atoms with E-state index < -0.39 is 27.6 Å². The maximum Gasteiger partial charge on any atom is 0.272 e. The fourth-order valence-electron chi connectivity index (χ4n) is 3.69. The van der Waals surface area contributed by atoms with E-state index in [0.717, 1.165) is 31.2 Å². The number of aryl methyl sites for hydroxylation is 1. The Morgan fingerprint density at radius 1 is 1.14 bits per heavy atom. The number of hydrogen-bond acceptors (Lipinski definition) is 4. The Labute approximate surface area is 160 Å². The van der Waals surface area contributed by atoms with Gasteiger partial charge >= 0.3 is 0 Å². The fourth-order valence-corrected chi connectivity index (χ4v) is 5.04. The molecule has 0 aliphatic heterocycles. The molecule has 1 aromatic carbocycles. The van der Waals surface area contributed by atoms with E-state index in [0.29, 0.717) is 10.0 Å². The second-order valence-electron chi connectivity index (χ2n) is 7.11. The van der Waals surface area contributed by atoms with E-state index in [1.807, 2.05) is 6.92 Å². The van der Waals surface area contributed by atoms with Crippen LogP contribution in [0.3, 0.4) is 0 Å². The zero-order chi connectivity index (χ0) is 20.1. The first-order chi connectivity index (χ1) is 13.3. The summed E-state index contributed by atoms with van der Waals surface area (Å²) in [7, 11) is -4.28. The lowest BCUT2D eigenvalue weighted by Crippen LogP contribution is -2.28. The van der Waals surface area contributed by atoms with Crippen molar-refractivity contribution in [2.45, 2.75) is 50.0 Å². The van der Waals surface area contributed by atoms with Gasteiger partial charge in [-0.15, -0.1) is 0 Å². The Morgan fingerprint density at radius 2 is 1.79 bits per heavy atom. The third kappa shape index (κ3) is 3.03. The van der Waals surface area contributed by atoms with Gasteiger partial charge in [0.05, 0.1) is 10.9 Å². The van der Waals surface area contributed by atoms with Crippen LogP contribution in [0.15, 0.2) is 46.2 Å². The Kier molecular flexibility index (Phi) is 4.57. The minimum Gasteiger partial charge on any atom is -0.268 e. The molecule has 0 atom stereocenters. The number of halogens is 2. The maximum absolute atomic E-state index is 13.5. The van der Waals surface area contributed by atoms with Gasteiger partial charge in [-0.25, -0.2) is 17.2 Å². The van der Waals surface area contributed by atoms with Gasteiger partial charge in [0.15, 0.2) is 5.65 Å². The van der Waals surface area contributed by atoms with Gasteiger partial charge in [0.25, 0.3) is 22.0 Å². The van der Waals surface area contributed by atoms with Gasteiger partial charge < -0.3 is 0 Å². The van der Waals surface area contributed by atoms with Crippen LogP contribution in [0.4, 0.5) is 8.78 Å². The molecule has 0 spiro atoms. The van der Waals surface area contributed by atoms with E-state index in [4.69, 9.17) is 0 Å². The summed E-state index contributed by atoms with van der Waals surface area (Å²) in [6, 6.07) is 6.71. The summed E-state index contributed by atoms with van der Waals surface area (Å²) in [4.78, 5) is 12.5. The number of nitrogens with zero attached hydrogens (tertiary/aromatic N) is 3. The molecule has 3 aromatic rings. The van der Waals surface area contributed by atoms with Crippen LogP contribution in [0, 0.1) is 6.92 Å². The number of hydrogen-bond donors (Lipinski definition) is 0. The predicted molar refractivity (Wildman–Crippen MR) is 100 cm³/mol. The van der Waals surface area contributed by atoms with Crippen LogP contribution in [-0.2, 0) is 10.0 Å². The molecule has 4 rings (SSSR count). The van der Waals surface area contributed by atoms with Crippen molar-refractivity contribution in [3.05, 3.63) is 58.0 Å². The smallest absolute Gasteiger partial charge is 0.268 e. The summed E-state index contributed by atoms with van der Waals surface area (Å²) in [6.07, 6.45) is 2.20. The summed E-state index contributed by atoms with van der Waals surface area (Å²) in [5.74, 6) is 0. The quantitative estimate of drug-likeness (QED) is 0.659. The lowest BCUT2D eigenvalue weighted by atomic mass is 10.2. The molecule has 9 heteroatoms. The molecule has 148 valence electrons. The normalized spacial score (nSPS) is 15.7. The second kappa shape index (κ2) is 6.80. The van der Waals surface area contributed by atoms with Crippen molar-refractivity contribution in [2.24, 2.45) is 0 Å². The van der Waals surface area contributed by atoms with Gasteiger partial charge in [-0.05, 0) is 31.9 Å². The first-order valence-electron chi connectivity index (χ1n) is 9.04. The van der Waals surface area contributed by atoms with E-state index in [1.54, 1.807) is 12.1 Å². The van der Waals surface area contributed by atoms with Gasteiger partial charge in [-0.2, -0.15) is 9.07 Å². The van der Waals surface area contributed by atoms with E-state index in [9.17, 15) is 22.0 Å². The fraction of sp³-hybridized carbons (Fsp3) is 0.368. The van der Waals surface area contributed by atoms with Crippen LogP contribution < -0.4 is 5.56 Å². The van der Waals surface area contributed by atoms with Crippen LogP contribution in [0.25, 0.3) is 11.0 Å². The maximum atomic E-state index is 13.5. The Morgan fingerprint density at radius 3 is 2.39 bits per heavy atom. The SMILES string of the molecule is Cc1ccc(S(=O)(=O)n2c(=O)cc(C(F)F)c3cn(C4CCCC4)nc32)cc1. The minimum atomic E-state index is -4.28. The van der Waals surface area contributed by atoms with Gasteiger partial charge in [0.2, 0.25) is 0 Å². The summed E-state index contributed by atoms with van der Waals surface area (Å²) >= 11 is 0. The van der Waals surface area contributed by atoms with Crippen LogP contribution >= 0.6 is 0 Å². The van der Waals surface area contributed by atoms with Gasteiger partial charge in [-0.1, -0.05) is 30.5 Å². The molecule has 0 radical (unpaired) electrons. The molecule has 28 heavy (non-hydrogen) atoms. The summed E-state index contributed by atoms with van der Waals surface area (Å²) in [5.41, 5.74) is -0.940. The molecule has 2 aromatic heterocycles. The van der Waals surface area contributed by atoms with Crippen LogP contribution in [0.2, 0.25) is 0 Å². The Balaban J connectivity index is 2.00. The molecule has 0 unspecified atom stereocenters. The van der Waals surface area contributed by atoms with Crippen molar-refractivity contribution in [1.29, 1.82) is 0 Å². The molecule has 1 aliphatic carbocycles. The van der Waals surface area contributed by atoms with E-state index in [2.05, 4.69) is 5.10 Å². The molecule has 1 aliphatic rings. The highest BCUT2D eigenvalue weighted by molar-refractivity contribution is 7.90. The highest BCUT2D eigenvalue weighted by Crippen LogP contribution is 2.33. The first kappa shape index (κ1) is 18.8. The summed E-state index contributed by atoms with van der Waals surface area (Å²) in [5, 5.41) is 4.26. The largest absolute Gasteiger partial charge is 0.272 e. The van der Waals surface area contributed by atoms with Crippen molar-refractivity contribution in [3.63, 3.8) is 0 Å². The van der Waals surface area contributed by atoms with Crippen molar-refractivity contribution in [2.75, 3.05) is 0 Å². The number of alkyl halides is 2. The van der Waals surface area contributed by atoms with Crippen LogP contribution in [-0.4, -0.2) is 22.2 Å². The van der Waals surface area contributed by atoms with Crippen molar-refractivity contribution in [3.8, 4) is 0 Å². The molecule has 6 nitrogen and oxygen atoms in total. The molecule has 0 bridgehead atoms. The molecule has 0 saturated heterocycles. The van der Waals surface area contributed by atoms with E-state index in [-0.39, 0.29) is 22.0 Å². The molecule has 0 amide bonds. The molecule has 1 fully saturated rings. The first-order valence-corrected chi connectivity index (χ1v) is 10.5. The van der Waals surface area contributed by atoms with Crippen molar-refractivity contribution in [1.82, 2.24) is 13.8 Å². The third-order valence-corrected chi connectivity index (χ3v) is 6.89. The minimum absolute atomic E-state index is 0.0165. The summed E-state index contributed by atoms with van der Waals surface area (Å²) in [6.45, 7) is 1.81. The number of rotatable bonds is 4. The van der Waals surface area contributed by atoms with Gasteiger partial charge in [0.1, 0.15) is 0 Å². The van der Waals surface area contributed by atoms with Crippen LogP contribution in [0.1, 0.15) is 49.3 Å². The number of pyridine rings is 1. The third-order valence-electron chi connectivity index (χ3n) is 5.19. The number of aromatic nitrogens is 3. The highest BCUT2D eigenvalue weighted by atomic mass is 32.2. The standard InChI is InChI=1S/C19H19F2N3O3S/c1-12-6-8-14(9-7-12)28(26,27)24-17(25)10-15(18(20)21)16-11-23(22-19(16)24)13-4-2-3-5-13/h6-11,13,18H,2-5H2,1H3. The second-order valence-corrected chi connectivity index (χ2v) is 8.89. The Bertz CT molecular complexity index is 1190. The predicted octanol–water partition coefficient (Wildman–Crippen LogP) is 3.80. The summed E-state index contributed by atoms with van der Waals surface area (Å²) < 4.78 is 55.3. The lowest BCUT2D eigenvalue weighted by molar-refractivity contribution is 0.153. The van der Waals surface area contributed by atoms with Crippen LogP contribution in [0.5, 0.6) is 0 Å². The molecule has 0 N–H and O–H groups in total. The molecule has 2 heterocycles.